The second-order valence-electron chi connectivity index (χ2n) is 9.26. The number of benzene rings is 1. The predicted octanol–water partition coefficient (Wildman–Crippen LogP) is 2.77. The lowest BCUT2D eigenvalue weighted by Crippen LogP contribution is -2.35. The fourth-order valence-corrected chi connectivity index (χ4v) is 4.89. The molecule has 41 heavy (non-hydrogen) atoms. The van der Waals surface area contributed by atoms with E-state index in [-0.39, 0.29) is 64.0 Å². The fraction of sp³-hybridized carbons (Fsp3) is 0.345. The molecule has 0 radical (unpaired) electrons. The van der Waals surface area contributed by atoms with Crippen LogP contribution in [0.5, 0.6) is 17.2 Å². The number of hydrogen-bond donors (Lipinski definition) is 0. The first kappa shape index (κ1) is 27.8. The second kappa shape index (κ2) is 11.8. The molecule has 5 rings (SSSR count). The first-order valence-electron chi connectivity index (χ1n) is 13.1. The number of carbonyl (C=O) groups is 2. The SMILES string of the molecule is CCOC(=O)c1cc2c(=O)n3ccccc3nc2n(C[C@H]2CCCO2)c1=NC(=O)c1cc(OC)c(OC)c(OC)c1. The molecule has 214 valence electrons. The van der Waals surface area contributed by atoms with Gasteiger partial charge in [0, 0.05) is 18.4 Å². The lowest BCUT2D eigenvalue weighted by atomic mass is 10.1. The minimum atomic E-state index is -0.732. The maximum absolute atomic E-state index is 13.7. The number of hydrogen-bond acceptors (Lipinski definition) is 9. The van der Waals surface area contributed by atoms with Crippen LogP contribution in [0, 0.1) is 0 Å². The van der Waals surface area contributed by atoms with Crippen molar-refractivity contribution in [2.45, 2.75) is 32.4 Å². The van der Waals surface area contributed by atoms with Crippen LogP contribution < -0.4 is 25.3 Å². The quantitative estimate of drug-likeness (QED) is 0.235. The van der Waals surface area contributed by atoms with Crippen molar-refractivity contribution in [1.29, 1.82) is 0 Å². The Kier molecular flexibility index (Phi) is 8.02. The summed E-state index contributed by atoms with van der Waals surface area (Å²) in [6.45, 7) is 2.54. The highest BCUT2D eigenvalue weighted by atomic mass is 16.5. The third-order valence-electron chi connectivity index (χ3n) is 6.81. The van der Waals surface area contributed by atoms with E-state index < -0.39 is 11.9 Å². The van der Waals surface area contributed by atoms with Gasteiger partial charge < -0.3 is 28.3 Å². The van der Waals surface area contributed by atoms with Gasteiger partial charge in [-0.1, -0.05) is 6.07 Å². The number of amides is 1. The monoisotopic (exact) mass is 562 g/mol. The average Bonchev–Trinajstić information content (AvgIpc) is 3.51. The number of esters is 1. The van der Waals surface area contributed by atoms with Gasteiger partial charge in [0.2, 0.25) is 5.75 Å². The molecule has 1 amide bonds. The van der Waals surface area contributed by atoms with E-state index in [0.717, 1.165) is 12.8 Å². The van der Waals surface area contributed by atoms with Crippen molar-refractivity contribution in [3.8, 4) is 17.2 Å². The van der Waals surface area contributed by atoms with Crippen molar-refractivity contribution in [1.82, 2.24) is 14.0 Å². The van der Waals surface area contributed by atoms with E-state index in [1.54, 1.807) is 35.9 Å². The summed E-state index contributed by atoms with van der Waals surface area (Å²) in [4.78, 5) is 49.6. The molecule has 0 bridgehead atoms. The summed E-state index contributed by atoms with van der Waals surface area (Å²) in [6.07, 6.45) is 2.98. The first-order chi connectivity index (χ1) is 19.9. The number of methoxy groups -OCH3 is 3. The van der Waals surface area contributed by atoms with Gasteiger partial charge in [-0.3, -0.25) is 14.0 Å². The molecule has 12 nitrogen and oxygen atoms in total. The molecule has 1 aromatic carbocycles. The third-order valence-corrected chi connectivity index (χ3v) is 6.81. The van der Waals surface area contributed by atoms with E-state index in [2.05, 4.69) is 4.99 Å². The smallest absolute Gasteiger partial charge is 0.341 e. The van der Waals surface area contributed by atoms with Gasteiger partial charge in [0.1, 0.15) is 16.9 Å². The molecule has 3 aromatic heterocycles. The van der Waals surface area contributed by atoms with E-state index in [4.69, 9.17) is 28.7 Å². The first-order valence-corrected chi connectivity index (χ1v) is 13.1. The number of ether oxygens (including phenoxy) is 5. The molecule has 0 aliphatic carbocycles. The highest BCUT2D eigenvalue weighted by Crippen LogP contribution is 2.38. The minimum absolute atomic E-state index is 0.00242. The van der Waals surface area contributed by atoms with E-state index in [1.807, 2.05) is 0 Å². The van der Waals surface area contributed by atoms with Crippen LogP contribution in [0.3, 0.4) is 0 Å². The van der Waals surface area contributed by atoms with E-state index in [9.17, 15) is 14.4 Å². The molecule has 1 saturated heterocycles. The predicted molar refractivity (Wildman–Crippen MR) is 148 cm³/mol. The van der Waals surface area contributed by atoms with Crippen molar-refractivity contribution in [3.63, 3.8) is 0 Å². The van der Waals surface area contributed by atoms with Gasteiger partial charge in [0.05, 0.1) is 46.0 Å². The lowest BCUT2D eigenvalue weighted by molar-refractivity contribution is 0.0521. The van der Waals surface area contributed by atoms with Crippen molar-refractivity contribution >= 4 is 28.6 Å². The summed E-state index contributed by atoms with van der Waals surface area (Å²) in [5.74, 6) is -0.572. The molecular formula is C29H30N4O8. The largest absolute Gasteiger partial charge is 0.493 e. The maximum Gasteiger partial charge on any atom is 0.341 e. The maximum atomic E-state index is 13.7. The number of fused-ring (bicyclic) bond motifs is 2. The van der Waals surface area contributed by atoms with Crippen molar-refractivity contribution in [3.05, 3.63) is 69.6 Å². The Balaban J connectivity index is 1.83. The second-order valence-corrected chi connectivity index (χ2v) is 9.26. The van der Waals surface area contributed by atoms with Crippen molar-refractivity contribution < 1.29 is 33.3 Å². The van der Waals surface area contributed by atoms with Crippen LogP contribution >= 0.6 is 0 Å². The Morgan fingerprint density at radius 1 is 1.10 bits per heavy atom. The van der Waals surface area contributed by atoms with E-state index in [0.29, 0.717) is 18.0 Å². The van der Waals surface area contributed by atoms with Gasteiger partial charge in [0.15, 0.2) is 17.0 Å². The topological polar surface area (TPSA) is 132 Å². The molecule has 1 aliphatic heterocycles. The Morgan fingerprint density at radius 2 is 1.85 bits per heavy atom. The lowest BCUT2D eigenvalue weighted by Gasteiger charge is -2.18. The fourth-order valence-electron chi connectivity index (χ4n) is 4.89. The molecular weight excluding hydrogens is 532 g/mol. The molecule has 1 aliphatic rings. The molecule has 1 fully saturated rings. The Morgan fingerprint density at radius 3 is 2.49 bits per heavy atom. The van der Waals surface area contributed by atoms with Crippen molar-refractivity contribution in [2.75, 3.05) is 34.5 Å². The van der Waals surface area contributed by atoms with Crippen LogP contribution in [0.2, 0.25) is 0 Å². The van der Waals surface area contributed by atoms with Gasteiger partial charge in [-0.2, -0.15) is 4.99 Å². The number of pyridine rings is 2. The zero-order chi connectivity index (χ0) is 29.1. The molecule has 4 heterocycles. The number of carbonyl (C=O) groups excluding carboxylic acids is 2. The highest BCUT2D eigenvalue weighted by molar-refractivity contribution is 5.98. The summed E-state index contributed by atoms with van der Waals surface area (Å²) in [5, 5.41) is 0.175. The van der Waals surface area contributed by atoms with E-state index in [1.165, 1.54) is 43.9 Å². The van der Waals surface area contributed by atoms with Crippen LogP contribution in [0.25, 0.3) is 16.7 Å². The van der Waals surface area contributed by atoms with Crippen LogP contribution in [0.4, 0.5) is 0 Å². The molecule has 12 heteroatoms. The molecule has 4 aromatic rings. The Bertz CT molecular complexity index is 1740. The highest BCUT2D eigenvalue weighted by Gasteiger charge is 2.24. The summed E-state index contributed by atoms with van der Waals surface area (Å²) in [7, 11) is 4.34. The number of aromatic nitrogens is 3. The van der Waals surface area contributed by atoms with Crippen LogP contribution in [0.15, 0.2) is 52.4 Å². The van der Waals surface area contributed by atoms with Gasteiger partial charge in [-0.15, -0.1) is 0 Å². The zero-order valence-electron chi connectivity index (χ0n) is 23.2. The summed E-state index contributed by atoms with van der Waals surface area (Å²) in [6, 6.07) is 9.52. The Labute approximate surface area is 234 Å². The summed E-state index contributed by atoms with van der Waals surface area (Å²) < 4.78 is 30.4. The van der Waals surface area contributed by atoms with Crippen LogP contribution in [-0.4, -0.2) is 66.5 Å². The van der Waals surface area contributed by atoms with Gasteiger partial charge in [0.25, 0.3) is 11.5 Å². The van der Waals surface area contributed by atoms with Gasteiger partial charge in [-0.05, 0) is 50.1 Å². The van der Waals surface area contributed by atoms with Crippen LogP contribution in [-0.2, 0) is 16.0 Å². The van der Waals surface area contributed by atoms with Crippen LogP contribution in [0.1, 0.15) is 40.5 Å². The molecule has 0 saturated carbocycles. The minimum Gasteiger partial charge on any atom is -0.493 e. The Hall–Kier alpha value is -4.71. The average molecular weight is 563 g/mol. The van der Waals surface area contributed by atoms with Gasteiger partial charge >= 0.3 is 5.97 Å². The third kappa shape index (κ3) is 5.25. The standard InChI is InChI=1S/C29H30N4O8/c1-5-40-29(36)20-15-19-25(30-23-10-6-7-11-32(23)28(19)35)33(16-18-9-8-12-41-18)26(20)31-27(34)17-13-21(37-2)24(39-4)22(14-17)38-3/h6-7,10-11,13-15,18H,5,8-9,12,16H2,1-4H3/t18-/m1/s1. The number of rotatable bonds is 8. The summed E-state index contributed by atoms with van der Waals surface area (Å²) in [5.41, 5.74) is 0.368. The normalized spacial score (nSPS) is 15.3. The van der Waals surface area contributed by atoms with Gasteiger partial charge in [-0.25, -0.2) is 9.78 Å². The number of nitrogens with zero attached hydrogens (tertiary/aromatic N) is 4. The summed E-state index contributed by atoms with van der Waals surface area (Å²) >= 11 is 0. The van der Waals surface area contributed by atoms with Crippen molar-refractivity contribution in [2.24, 2.45) is 4.99 Å². The van der Waals surface area contributed by atoms with E-state index >= 15 is 0 Å². The molecule has 0 spiro atoms. The molecule has 0 N–H and O–H groups in total. The molecule has 0 unspecified atom stereocenters. The zero-order valence-corrected chi connectivity index (χ0v) is 23.2. The molecule has 1 atom stereocenters.